The highest BCUT2D eigenvalue weighted by atomic mass is 79.9. The van der Waals surface area contributed by atoms with Crippen LogP contribution < -0.4 is 0 Å². The van der Waals surface area contributed by atoms with Gasteiger partial charge in [-0.3, -0.25) is 9.59 Å². The molecule has 10 heteroatoms. The summed E-state index contributed by atoms with van der Waals surface area (Å²) in [4.78, 5) is 21.2. The summed E-state index contributed by atoms with van der Waals surface area (Å²) in [6.07, 6.45) is 0. The molecular weight excluding hydrogens is 422 g/mol. The number of carboxylic acids is 2. The van der Waals surface area contributed by atoms with E-state index in [9.17, 15) is 18.0 Å². The third kappa shape index (κ3) is 4.27. The van der Waals surface area contributed by atoms with Crippen LogP contribution in [0.3, 0.4) is 0 Å². The number of hydrogen-bond acceptors (Lipinski definition) is 4. The number of nitrogens with zero attached hydrogens (tertiary/aromatic N) is 1. The number of carbonyl (C=O) groups is 2. The SMILES string of the molecule is O=C(O)CN(CC(=O)O)S(=O)(=O)c1cc(Br)ccc1Br. The Kier molecular flexibility index (Phi) is 5.68. The van der Waals surface area contributed by atoms with E-state index in [0.717, 1.165) is 0 Å². The average Bonchev–Trinajstić information content (AvgIpc) is 2.30. The first-order valence-electron chi connectivity index (χ1n) is 5.03. The van der Waals surface area contributed by atoms with Crippen molar-refractivity contribution in [3.05, 3.63) is 27.1 Å². The lowest BCUT2D eigenvalue weighted by atomic mass is 10.4. The number of carboxylic acid groups (broad SMARTS) is 2. The lowest BCUT2D eigenvalue weighted by molar-refractivity contribution is -0.139. The van der Waals surface area contributed by atoms with E-state index in [1.807, 2.05) is 0 Å². The zero-order chi connectivity index (χ0) is 15.5. The van der Waals surface area contributed by atoms with E-state index in [1.54, 1.807) is 6.07 Å². The molecule has 0 aliphatic heterocycles. The molecule has 1 rings (SSSR count). The van der Waals surface area contributed by atoms with Crippen molar-refractivity contribution in [3.8, 4) is 0 Å². The van der Waals surface area contributed by atoms with Gasteiger partial charge in [-0.25, -0.2) is 8.42 Å². The number of halogens is 2. The molecule has 0 radical (unpaired) electrons. The smallest absolute Gasteiger partial charge is 0.318 e. The molecule has 0 amide bonds. The Hall–Kier alpha value is -0.970. The summed E-state index contributed by atoms with van der Waals surface area (Å²) in [5, 5.41) is 17.4. The molecule has 0 aromatic heterocycles. The molecule has 1 aromatic carbocycles. The Labute approximate surface area is 131 Å². The summed E-state index contributed by atoms with van der Waals surface area (Å²) in [6.45, 7) is -1.87. The highest BCUT2D eigenvalue weighted by Crippen LogP contribution is 2.28. The number of aliphatic carboxylic acids is 2. The maximum Gasteiger partial charge on any atom is 0.318 e. The quantitative estimate of drug-likeness (QED) is 0.704. The Balaban J connectivity index is 3.31. The summed E-state index contributed by atoms with van der Waals surface area (Å²) < 4.78 is 25.7. The monoisotopic (exact) mass is 429 g/mol. The minimum Gasteiger partial charge on any atom is -0.480 e. The van der Waals surface area contributed by atoms with Crippen molar-refractivity contribution in [1.82, 2.24) is 4.31 Å². The van der Waals surface area contributed by atoms with Crippen molar-refractivity contribution < 1.29 is 28.2 Å². The molecule has 0 saturated heterocycles. The van der Waals surface area contributed by atoms with Gasteiger partial charge in [0.1, 0.15) is 13.1 Å². The van der Waals surface area contributed by atoms with Crippen molar-refractivity contribution in [2.75, 3.05) is 13.1 Å². The topological polar surface area (TPSA) is 112 Å². The highest BCUT2D eigenvalue weighted by molar-refractivity contribution is 9.11. The molecule has 0 atom stereocenters. The zero-order valence-electron chi connectivity index (χ0n) is 9.79. The van der Waals surface area contributed by atoms with Gasteiger partial charge in [-0.2, -0.15) is 4.31 Å². The van der Waals surface area contributed by atoms with Crippen LogP contribution in [0.25, 0.3) is 0 Å². The minimum atomic E-state index is -4.25. The van der Waals surface area contributed by atoms with Crippen molar-refractivity contribution in [3.63, 3.8) is 0 Å². The van der Waals surface area contributed by atoms with Gasteiger partial charge >= 0.3 is 11.9 Å². The van der Waals surface area contributed by atoms with Crippen molar-refractivity contribution in [2.45, 2.75) is 4.90 Å². The third-order valence-electron chi connectivity index (χ3n) is 2.13. The summed E-state index contributed by atoms with van der Waals surface area (Å²) in [7, 11) is -4.25. The lowest BCUT2D eigenvalue weighted by Crippen LogP contribution is -2.39. The van der Waals surface area contributed by atoms with Gasteiger partial charge in [0.25, 0.3) is 0 Å². The van der Waals surface area contributed by atoms with Crippen LogP contribution in [0.15, 0.2) is 32.0 Å². The predicted molar refractivity (Wildman–Crippen MR) is 75.9 cm³/mol. The standard InChI is InChI=1S/C10H9Br2NO6S/c11-6-1-2-7(12)8(3-6)20(18,19)13(4-9(14)15)5-10(16)17/h1-3H,4-5H2,(H,14,15)(H,16,17). The number of sulfonamides is 1. The molecule has 1 aromatic rings. The Morgan fingerprint density at radius 2 is 1.60 bits per heavy atom. The van der Waals surface area contributed by atoms with Gasteiger partial charge in [-0.1, -0.05) is 15.9 Å². The molecule has 0 heterocycles. The third-order valence-corrected chi connectivity index (χ3v) is 5.41. The van der Waals surface area contributed by atoms with Gasteiger partial charge in [0.05, 0.1) is 4.90 Å². The van der Waals surface area contributed by atoms with E-state index in [1.165, 1.54) is 12.1 Å². The molecule has 0 aliphatic carbocycles. The summed E-state index contributed by atoms with van der Waals surface area (Å²) in [5.41, 5.74) is 0. The van der Waals surface area contributed by atoms with E-state index in [-0.39, 0.29) is 9.37 Å². The van der Waals surface area contributed by atoms with Crippen LogP contribution in [0.5, 0.6) is 0 Å². The second kappa shape index (κ2) is 6.66. The normalized spacial score (nSPS) is 11.6. The van der Waals surface area contributed by atoms with Crippen molar-refractivity contribution in [1.29, 1.82) is 0 Å². The second-order valence-electron chi connectivity index (χ2n) is 3.64. The van der Waals surface area contributed by atoms with Crippen LogP contribution >= 0.6 is 31.9 Å². The molecule has 0 bridgehead atoms. The fourth-order valence-corrected chi connectivity index (χ4v) is 4.14. The lowest BCUT2D eigenvalue weighted by Gasteiger charge is -2.19. The predicted octanol–water partition coefficient (Wildman–Crippen LogP) is 1.37. The molecule has 110 valence electrons. The van der Waals surface area contributed by atoms with Crippen molar-refractivity contribution in [2.24, 2.45) is 0 Å². The summed E-state index contributed by atoms with van der Waals surface area (Å²) >= 11 is 6.15. The Bertz CT molecular complexity index is 629. The van der Waals surface area contributed by atoms with Crippen LogP contribution in [0.4, 0.5) is 0 Å². The molecular formula is C10H9Br2NO6S. The first-order chi connectivity index (χ1) is 9.14. The maximum atomic E-state index is 12.3. The van der Waals surface area contributed by atoms with Crippen molar-refractivity contribution >= 4 is 53.8 Å². The van der Waals surface area contributed by atoms with Gasteiger partial charge in [-0.15, -0.1) is 0 Å². The number of hydrogen-bond donors (Lipinski definition) is 2. The van der Waals surface area contributed by atoms with Gasteiger partial charge in [0.2, 0.25) is 10.0 Å². The highest BCUT2D eigenvalue weighted by Gasteiger charge is 2.30. The van der Waals surface area contributed by atoms with Gasteiger partial charge < -0.3 is 10.2 Å². The van der Waals surface area contributed by atoms with Gasteiger partial charge in [0.15, 0.2) is 0 Å². The minimum absolute atomic E-state index is 0.210. The first-order valence-corrected chi connectivity index (χ1v) is 8.06. The summed E-state index contributed by atoms with van der Waals surface area (Å²) in [6, 6.07) is 4.30. The molecule has 0 aliphatic rings. The maximum absolute atomic E-state index is 12.3. The van der Waals surface area contributed by atoms with Gasteiger partial charge in [0, 0.05) is 8.95 Å². The van der Waals surface area contributed by atoms with E-state index in [0.29, 0.717) is 8.78 Å². The van der Waals surface area contributed by atoms with Crippen LogP contribution in [-0.4, -0.2) is 48.0 Å². The van der Waals surface area contributed by atoms with E-state index >= 15 is 0 Å². The number of benzene rings is 1. The summed E-state index contributed by atoms with van der Waals surface area (Å²) in [5.74, 6) is -2.89. The van der Waals surface area contributed by atoms with Crippen LogP contribution in [0.1, 0.15) is 0 Å². The van der Waals surface area contributed by atoms with E-state index < -0.39 is 35.1 Å². The zero-order valence-corrected chi connectivity index (χ0v) is 13.8. The molecule has 0 unspecified atom stereocenters. The second-order valence-corrected chi connectivity index (χ2v) is 7.31. The van der Waals surface area contributed by atoms with E-state index in [2.05, 4.69) is 31.9 Å². The van der Waals surface area contributed by atoms with Crippen LogP contribution in [0.2, 0.25) is 0 Å². The Morgan fingerprint density at radius 3 is 2.05 bits per heavy atom. The van der Waals surface area contributed by atoms with Crippen LogP contribution in [0, 0.1) is 0 Å². The fourth-order valence-electron chi connectivity index (χ4n) is 1.34. The molecule has 0 saturated carbocycles. The number of rotatable bonds is 6. The first kappa shape index (κ1) is 17.1. The Morgan fingerprint density at radius 1 is 1.10 bits per heavy atom. The van der Waals surface area contributed by atoms with E-state index in [4.69, 9.17) is 10.2 Å². The fraction of sp³-hybridized carbons (Fsp3) is 0.200. The van der Waals surface area contributed by atoms with Crippen LogP contribution in [-0.2, 0) is 19.6 Å². The molecule has 7 nitrogen and oxygen atoms in total. The largest absolute Gasteiger partial charge is 0.480 e. The molecule has 0 spiro atoms. The molecule has 2 N–H and O–H groups in total. The molecule has 0 fully saturated rings. The van der Waals surface area contributed by atoms with Gasteiger partial charge in [-0.05, 0) is 34.1 Å². The average molecular weight is 431 g/mol. The molecule has 20 heavy (non-hydrogen) atoms.